The highest BCUT2D eigenvalue weighted by molar-refractivity contribution is 7.98. The normalized spacial score (nSPS) is 19.9. The van der Waals surface area contributed by atoms with Crippen LogP contribution >= 0.6 is 11.8 Å². The molecule has 6 nitrogen and oxygen atoms in total. The Morgan fingerprint density at radius 3 is 2.59 bits per heavy atom. The highest BCUT2D eigenvalue weighted by atomic mass is 32.2. The summed E-state index contributed by atoms with van der Waals surface area (Å²) in [5.41, 5.74) is -0.472. The lowest BCUT2D eigenvalue weighted by Gasteiger charge is -2.38. The van der Waals surface area contributed by atoms with Crippen molar-refractivity contribution < 1.29 is 22.2 Å². The molecule has 0 spiro atoms. The van der Waals surface area contributed by atoms with Crippen molar-refractivity contribution >= 4 is 40.5 Å². The van der Waals surface area contributed by atoms with Crippen molar-refractivity contribution in [3.63, 3.8) is 0 Å². The third kappa shape index (κ3) is 6.38. The lowest BCUT2D eigenvalue weighted by molar-refractivity contribution is -0.117. The van der Waals surface area contributed by atoms with Crippen LogP contribution in [-0.4, -0.2) is 40.9 Å². The van der Waals surface area contributed by atoms with Crippen LogP contribution in [0.2, 0.25) is 0 Å². The van der Waals surface area contributed by atoms with E-state index in [1.165, 1.54) is 42.8 Å². The molecule has 0 radical (unpaired) electrons. The SMILES string of the molecule is CCCCCCCCOS(=O)OC1(C)CN(C(C)=O)c2cc(SC)ccc2C1=O. The minimum atomic E-state index is -2.06. The van der Waals surface area contributed by atoms with Gasteiger partial charge in [-0.2, -0.15) is 4.21 Å². The molecule has 1 amide bonds. The second-order valence-corrected chi connectivity index (χ2v) is 9.12. The molecule has 0 aliphatic carbocycles. The van der Waals surface area contributed by atoms with Gasteiger partial charge in [0.25, 0.3) is 0 Å². The van der Waals surface area contributed by atoms with Gasteiger partial charge in [0, 0.05) is 17.4 Å². The number of rotatable bonds is 11. The van der Waals surface area contributed by atoms with Crippen LogP contribution in [-0.2, 0) is 24.5 Å². The minimum absolute atomic E-state index is 0.00187. The lowest BCUT2D eigenvalue weighted by Crippen LogP contribution is -2.54. The summed E-state index contributed by atoms with van der Waals surface area (Å²) in [5.74, 6) is -0.500. The number of Topliss-reactive ketones (excluding diaryl/α,β-unsaturated/α-hetero) is 1. The van der Waals surface area contributed by atoms with Crippen LogP contribution in [0, 0.1) is 0 Å². The van der Waals surface area contributed by atoms with Crippen LogP contribution < -0.4 is 4.90 Å². The van der Waals surface area contributed by atoms with Gasteiger partial charge in [0.1, 0.15) is 0 Å². The summed E-state index contributed by atoms with van der Waals surface area (Å²) in [6.45, 7) is 5.48. The predicted octanol–water partition coefficient (Wildman–Crippen LogP) is 4.69. The second-order valence-electron chi connectivity index (χ2n) is 7.43. The molecule has 0 N–H and O–H groups in total. The first-order valence-corrected chi connectivity index (χ1v) is 12.3. The van der Waals surface area contributed by atoms with E-state index in [2.05, 4.69) is 6.92 Å². The van der Waals surface area contributed by atoms with Crippen LogP contribution in [0.1, 0.15) is 69.7 Å². The summed E-state index contributed by atoms with van der Waals surface area (Å²) in [6.07, 6.45) is 8.48. The van der Waals surface area contributed by atoms with E-state index in [1.807, 2.05) is 18.4 Å². The molecular weight excluding hydrogens is 410 g/mol. The molecule has 1 aromatic rings. The molecule has 0 fully saturated rings. The maximum atomic E-state index is 13.1. The molecule has 2 unspecified atom stereocenters. The van der Waals surface area contributed by atoms with Crippen molar-refractivity contribution in [3.8, 4) is 0 Å². The number of amides is 1. The van der Waals surface area contributed by atoms with Gasteiger partial charge in [-0.15, -0.1) is 11.8 Å². The van der Waals surface area contributed by atoms with E-state index in [-0.39, 0.29) is 18.2 Å². The van der Waals surface area contributed by atoms with Gasteiger partial charge in [0.05, 0.1) is 18.8 Å². The molecule has 2 rings (SSSR count). The van der Waals surface area contributed by atoms with Gasteiger partial charge in [-0.3, -0.25) is 18.0 Å². The Labute approximate surface area is 180 Å². The number of hydrogen-bond acceptors (Lipinski definition) is 6. The summed E-state index contributed by atoms with van der Waals surface area (Å²) in [6, 6.07) is 5.35. The number of anilines is 1. The Kier molecular flexibility index (Phi) is 9.33. The predicted molar refractivity (Wildman–Crippen MR) is 118 cm³/mol. The van der Waals surface area contributed by atoms with E-state index in [0.29, 0.717) is 17.9 Å². The monoisotopic (exact) mass is 441 g/mol. The first kappa shape index (κ1) is 24.1. The van der Waals surface area contributed by atoms with Crippen molar-refractivity contribution in [2.24, 2.45) is 0 Å². The highest BCUT2D eigenvalue weighted by Gasteiger charge is 2.46. The largest absolute Gasteiger partial charge is 0.308 e. The second kappa shape index (κ2) is 11.2. The zero-order valence-corrected chi connectivity index (χ0v) is 19.3. The zero-order chi connectivity index (χ0) is 21.4. The first-order chi connectivity index (χ1) is 13.8. The van der Waals surface area contributed by atoms with Gasteiger partial charge in [-0.05, 0) is 37.8 Å². The average molecular weight is 442 g/mol. The number of nitrogens with zero attached hydrogens (tertiary/aromatic N) is 1. The first-order valence-electron chi connectivity index (χ1n) is 10.1. The topological polar surface area (TPSA) is 72.9 Å². The molecule has 29 heavy (non-hydrogen) atoms. The van der Waals surface area contributed by atoms with Crippen molar-refractivity contribution in [2.75, 3.05) is 24.3 Å². The molecule has 1 aliphatic heterocycles. The Bertz CT molecular complexity index is 755. The van der Waals surface area contributed by atoms with Crippen molar-refractivity contribution in [1.29, 1.82) is 0 Å². The average Bonchev–Trinajstić information content (AvgIpc) is 2.69. The number of ketones is 1. The fourth-order valence-corrected chi connectivity index (χ4v) is 4.49. The van der Waals surface area contributed by atoms with Crippen LogP contribution in [0.4, 0.5) is 5.69 Å². The van der Waals surface area contributed by atoms with Crippen molar-refractivity contribution in [2.45, 2.75) is 69.8 Å². The molecule has 0 aromatic heterocycles. The van der Waals surface area contributed by atoms with Gasteiger partial charge in [0.15, 0.2) is 11.4 Å². The van der Waals surface area contributed by atoms with Gasteiger partial charge in [0.2, 0.25) is 5.91 Å². The van der Waals surface area contributed by atoms with E-state index in [0.717, 1.165) is 24.2 Å². The smallest absolute Gasteiger partial charge is 0.305 e. The quantitative estimate of drug-likeness (QED) is 0.366. The molecule has 8 heteroatoms. The van der Waals surface area contributed by atoms with Crippen LogP contribution in [0.25, 0.3) is 0 Å². The molecule has 0 bridgehead atoms. The van der Waals surface area contributed by atoms with E-state index in [1.54, 1.807) is 13.0 Å². The molecule has 1 aliphatic rings. The summed E-state index contributed by atoms with van der Waals surface area (Å²) in [5, 5.41) is 0. The number of hydrogen-bond donors (Lipinski definition) is 0. The zero-order valence-electron chi connectivity index (χ0n) is 17.7. The third-order valence-electron chi connectivity index (χ3n) is 4.99. The molecule has 0 saturated carbocycles. The highest BCUT2D eigenvalue weighted by Crippen LogP contribution is 2.36. The Hall–Kier alpha value is -1.22. The van der Waals surface area contributed by atoms with Gasteiger partial charge >= 0.3 is 11.4 Å². The van der Waals surface area contributed by atoms with Crippen LogP contribution in [0.5, 0.6) is 0 Å². The van der Waals surface area contributed by atoms with E-state index in [4.69, 9.17) is 8.37 Å². The number of carbonyl (C=O) groups is 2. The standard InChI is InChI=1S/C21H31NO5S2/c1-5-6-7-8-9-10-13-26-29(25)27-21(3)15-22(16(2)23)19-14-17(28-4)11-12-18(19)20(21)24/h11-12,14H,5-10,13,15H2,1-4H3. The fraction of sp³-hybridized carbons (Fsp3) is 0.619. The number of thioether (sulfide) groups is 1. The van der Waals surface area contributed by atoms with Gasteiger partial charge in [-0.1, -0.05) is 39.0 Å². The maximum Gasteiger partial charge on any atom is 0.305 e. The van der Waals surface area contributed by atoms with Crippen LogP contribution in [0.3, 0.4) is 0 Å². The van der Waals surface area contributed by atoms with E-state index in [9.17, 15) is 13.8 Å². The summed E-state index contributed by atoms with van der Waals surface area (Å²) in [7, 11) is 0. The van der Waals surface area contributed by atoms with Gasteiger partial charge < -0.3 is 4.90 Å². The maximum absolute atomic E-state index is 13.1. The Morgan fingerprint density at radius 1 is 1.24 bits per heavy atom. The Morgan fingerprint density at radius 2 is 1.93 bits per heavy atom. The number of benzene rings is 1. The van der Waals surface area contributed by atoms with E-state index >= 15 is 0 Å². The molecule has 2 atom stereocenters. The van der Waals surface area contributed by atoms with Crippen molar-refractivity contribution in [3.05, 3.63) is 23.8 Å². The van der Waals surface area contributed by atoms with Crippen molar-refractivity contribution in [1.82, 2.24) is 0 Å². The Balaban J connectivity index is 2.01. The molecular formula is C21H31NO5S2. The summed E-state index contributed by atoms with van der Waals surface area (Å²) in [4.78, 5) is 27.7. The van der Waals surface area contributed by atoms with E-state index < -0.39 is 17.0 Å². The summed E-state index contributed by atoms with van der Waals surface area (Å²) < 4.78 is 23.1. The number of unbranched alkanes of at least 4 members (excludes halogenated alkanes) is 5. The number of fused-ring (bicyclic) bond motifs is 1. The molecule has 0 saturated heterocycles. The molecule has 1 aromatic carbocycles. The lowest BCUT2D eigenvalue weighted by atomic mass is 9.88. The van der Waals surface area contributed by atoms with Crippen LogP contribution in [0.15, 0.2) is 23.1 Å². The van der Waals surface area contributed by atoms with Gasteiger partial charge in [-0.25, -0.2) is 0 Å². The molecule has 1 heterocycles. The molecule has 162 valence electrons. The number of carbonyl (C=O) groups excluding carboxylic acids is 2. The fourth-order valence-electron chi connectivity index (χ4n) is 3.33. The minimum Gasteiger partial charge on any atom is -0.308 e. The third-order valence-corrected chi connectivity index (χ3v) is 6.58. The summed E-state index contributed by atoms with van der Waals surface area (Å²) >= 11 is -0.525.